The lowest BCUT2D eigenvalue weighted by Gasteiger charge is -2.15. The van der Waals surface area contributed by atoms with Crippen LogP contribution in [-0.2, 0) is 4.79 Å². The lowest BCUT2D eigenvalue weighted by Crippen LogP contribution is -2.17. The summed E-state index contributed by atoms with van der Waals surface area (Å²) in [6.45, 7) is 1.88. The van der Waals surface area contributed by atoms with Crippen molar-refractivity contribution in [3.63, 3.8) is 0 Å². The van der Waals surface area contributed by atoms with Crippen LogP contribution in [0.15, 0.2) is 36.4 Å². The Kier molecular flexibility index (Phi) is 3.68. The molecule has 0 fully saturated rings. The fraction of sp³-hybridized carbons (Fsp3) is 0.0833. The largest absolute Gasteiger partial charge is 0.278 e. The molecule has 0 bridgehead atoms. The molecule has 1 amide bonds. The Balaban J connectivity index is 2.46. The molecular formula is C12H10IN3O. The maximum atomic E-state index is 11.2. The zero-order chi connectivity index (χ0) is 12.3. The quantitative estimate of drug-likeness (QED) is 0.491. The first-order valence-electron chi connectivity index (χ1n) is 5.01. The van der Waals surface area contributed by atoms with E-state index in [0.29, 0.717) is 5.95 Å². The first kappa shape index (κ1) is 12.0. The zero-order valence-electron chi connectivity index (χ0n) is 9.17. The van der Waals surface area contributed by atoms with E-state index in [2.05, 4.69) is 32.6 Å². The third-order valence-corrected chi connectivity index (χ3v) is 2.72. The molecule has 86 valence electrons. The predicted molar refractivity (Wildman–Crippen MR) is 74.1 cm³/mol. The minimum atomic E-state index is 0.399. The van der Waals surface area contributed by atoms with Crippen molar-refractivity contribution in [1.82, 2.24) is 9.97 Å². The van der Waals surface area contributed by atoms with E-state index >= 15 is 0 Å². The lowest BCUT2D eigenvalue weighted by atomic mass is 10.3. The van der Waals surface area contributed by atoms with Gasteiger partial charge in [-0.1, -0.05) is 18.2 Å². The van der Waals surface area contributed by atoms with Gasteiger partial charge in [0.2, 0.25) is 12.4 Å². The zero-order valence-corrected chi connectivity index (χ0v) is 11.3. The second kappa shape index (κ2) is 5.22. The summed E-state index contributed by atoms with van der Waals surface area (Å²) in [5, 5.41) is 0. The van der Waals surface area contributed by atoms with Gasteiger partial charge in [0, 0.05) is 5.69 Å². The molecule has 0 aliphatic rings. The number of rotatable bonds is 3. The van der Waals surface area contributed by atoms with Crippen molar-refractivity contribution < 1.29 is 4.79 Å². The van der Waals surface area contributed by atoms with Crippen LogP contribution in [0.3, 0.4) is 0 Å². The average molecular weight is 339 g/mol. The Morgan fingerprint density at radius 1 is 1.24 bits per heavy atom. The van der Waals surface area contributed by atoms with E-state index < -0.39 is 0 Å². The number of halogens is 1. The molecule has 5 heteroatoms. The molecule has 0 saturated carbocycles. The number of aromatic nitrogens is 2. The lowest BCUT2D eigenvalue weighted by molar-refractivity contribution is -0.106. The number of benzene rings is 1. The normalized spacial score (nSPS) is 10.0. The number of nitrogens with zero attached hydrogens (tertiary/aromatic N) is 3. The van der Waals surface area contributed by atoms with Gasteiger partial charge in [-0.25, -0.2) is 9.97 Å². The minimum absolute atomic E-state index is 0.399. The number of aryl methyl sites for hydroxylation is 1. The van der Waals surface area contributed by atoms with Crippen LogP contribution in [-0.4, -0.2) is 16.4 Å². The van der Waals surface area contributed by atoms with Crippen LogP contribution in [0.2, 0.25) is 0 Å². The van der Waals surface area contributed by atoms with Crippen LogP contribution < -0.4 is 4.90 Å². The van der Waals surface area contributed by atoms with Crippen LogP contribution in [0, 0.1) is 10.6 Å². The first-order valence-corrected chi connectivity index (χ1v) is 6.09. The standard InChI is InChI=1S/C12H10IN3O/c1-9-7-11(13)15-12(14-9)16(8-17)10-5-3-2-4-6-10/h2-8H,1H3. The van der Waals surface area contributed by atoms with Gasteiger partial charge in [-0.15, -0.1) is 0 Å². The highest BCUT2D eigenvalue weighted by Gasteiger charge is 2.11. The van der Waals surface area contributed by atoms with Gasteiger partial charge in [-0.2, -0.15) is 0 Å². The molecule has 0 atom stereocenters. The molecule has 0 spiro atoms. The van der Waals surface area contributed by atoms with Gasteiger partial charge in [0.1, 0.15) is 3.70 Å². The van der Waals surface area contributed by atoms with Crippen LogP contribution in [0.4, 0.5) is 11.6 Å². The highest BCUT2D eigenvalue weighted by atomic mass is 127. The number of carbonyl (C=O) groups is 1. The summed E-state index contributed by atoms with van der Waals surface area (Å²) in [6, 6.07) is 11.2. The molecular weight excluding hydrogens is 329 g/mol. The summed E-state index contributed by atoms with van der Waals surface area (Å²) in [6.07, 6.45) is 0.722. The molecule has 0 N–H and O–H groups in total. The van der Waals surface area contributed by atoms with Crippen molar-refractivity contribution in [1.29, 1.82) is 0 Å². The summed E-state index contributed by atoms with van der Waals surface area (Å²) in [4.78, 5) is 21.1. The van der Waals surface area contributed by atoms with Crippen molar-refractivity contribution in [3.05, 3.63) is 45.8 Å². The van der Waals surface area contributed by atoms with E-state index in [-0.39, 0.29) is 0 Å². The van der Waals surface area contributed by atoms with Gasteiger partial charge in [-0.05, 0) is 47.7 Å². The summed E-state index contributed by atoms with van der Waals surface area (Å²) in [5.41, 5.74) is 1.59. The molecule has 17 heavy (non-hydrogen) atoms. The number of hydrogen-bond acceptors (Lipinski definition) is 3. The summed E-state index contributed by atoms with van der Waals surface area (Å²) in [7, 11) is 0. The van der Waals surface area contributed by atoms with Crippen molar-refractivity contribution in [3.8, 4) is 0 Å². The molecule has 2 aromatic rings. The molecule has 0 saturated heterocycles. The van der Waals surface area contributed by atoms with E-state index in [1.165, 1.54) is 4.90 Å². The van der Waals surface area contributed by atoms with Gasteiger partial charge in [0.05, 0.1) is 5.69 Å². The Morgan fingerprint density at radius 2 is 1.94 bits per heavy atom. The summed E-state index contributed by atoms with van der Waals surface area (Å²) in [5.74, 6) is 0.399. The summed E-state index contributed by atoms with van der Waals surface area (Å²) >= 11 is 2.11. The highest BCUT2D eigenvalue weighted by molar-refractivity contribution is 14.1. The predicted octanol–water partition coefficient (Wildman–Crippen LogP) is 2.68. The van der Waals surface area contributed by atoms with Crippen LogP contribution in [0.25, 0.3) is 0 Å². The van der Waals surface area contributed by atoms with Crippen molar-refractivity contribution in [2.45, 2.75) is 6.92 Å². The van der Waals surface area contributed by atoms with Gasteiger partial charge >= 0.3 is 0 Å². The molecule has 2 rings (SSSR count). The van der Waals surface area contributed by atoms with Crippen LogP contribution in [0.1, 0.15) is 5.69 Å². The Morgan fingerprint density at radius 3 is 2.53 bits per heavy atom. The second-order valence-corrected chi connectivity index (χ2v) is 4.55. The second-order valence-electron chi connectivity index (χ2n) is 3.44. The Hall–Kier alpha value is -1.50. The molecule has 1 aromatic carbocycles. The number of hydrogen-bond donors (Lipinski definition) is 0. The van der Waals surface area contributed by atoms with Crippen LogP contribution >= 0.6 is 22.6 Å². The average Bonchev–Trinajstić information content (AvgIpc) is 2.30. The van der Waals surface area contributed by atoms with Crippen molar-refractivity contribution in [2.24, 2.45) is 0 Å². The molecule has 1 aromatic heterocycles. The summed E-state index contributed by atoms with van der Waals surface area (Å²) < 4.78 is 0.813. The molecule has 0 aliphatic carbocycles. The van der Waals surface area contributed by atoms with Crippen molar-refractivity contribution in [2.75, 3.05) is 4.90 Å². The van der Waals surface area contributed by atoms with E-state index in [9.17, 15) is 4.79 Å². The SMILES string of the molecule is Cc1cc(I)nc(N(C=O)c2ccccc2)n1. The number of amides is 1. The number of anilines is 2. The highest BCUT2D eigenvalue weighted by Crippen LogP contribution is 2.20. The van der Waals surface area contributed by atoms with E-state index in [4.69, 9.17) is 0 Å². The Labute approximate surface area is 113 Å². The fourth-order valence-corrected chi connectivity index (χ4v) is 2.10. The van der Waals surface area contributed by atoms with Crippen molar-refractivity contribution >= 4 is 40.6 Å². The first-order chi connectivity index (χ1) is 8.20. The molecule has 0 radical (unpaired) electrons. The Bertz CT molecular complexity index is 510. The van der Waals surface area contributed by atoms with Crippen LogP contribution in [0.5, 0.6) is 0 Å². The minimum Gasteiger partial charge on any atom is -0.278 e. The molecule has 0 aliphatic heterocycles. The molecule has 1 heterocycles. The number of carbonyl (C=O) groups excluding carboxylic acids is 1. The smallest absolute Gasteiger partial charge is 0.237 e. The van der Waals surface area contributed by atoms with E-state index in [0.717, 1.165) is 21.5 Å². The third kappa shape index (κ3) is 2.79. The monoisotopic (exact) mass is 339 g/mol. The fourth-order valence-electron chi connectivity index (χ4n) is 1.43. The third-order valence-electron chi connectivity index (χ3n) is 2.17. The van der Waals surface area contributed by atoms with E-state index in [1.807, 2.05) is 43.3 Å². The van der Waals surface area contributed by atoms with Gasteiger partial charge in [0.25, 0.3) is 0 Å². The molecule has 4 nitrogen and oxygen atoms in total. The van der Waals surface area contributed by atoms with Gasteiger partial charge in [-0.3, -0.25) is 9.69 Å². The van der Waals surface area contributed by atoms with Gasteiger partial charge < -0.3 is 0 Å². The maximum absolute atomic E-state index is 11.2. The van der Waals surface area contributed by atoms with Gasteiger partial charge in [0.15, 0.2) is 0 Å². The maximum Gasteiger partial charge on any atom is 0.237 e. The molecule has 0 unspecified atom stereocenters. The topological polar surface area (TPSA) is 46.1 Å². The van der Waals surface area contributed by atoms with E-state index in [1.54, 1.807) is 0 Å². The number of para-hydroxylation sites is 1.